The van der Waals surface area contributed by atoms with Crippen molar-refractivity contribution in [3.63, 3.8) is 0 Å². The highest BCUT2D eigenvalue weighted by Crippen LogP contribution is 2.33. The van der Waals surface area contributed by atoms with E-state index >= 15 is 0 Å². The van der Waals surface area contributed by atoms with Gasteiger partial charge in [-0.2, -0.15) is 10.1 Å². The first-order valence-electron chi connectivity index (χ1n) is 9.60. The van der Waals surface area contributed by atoms with E-state index < -0.39 is 20.0 Å². The Bertz CT molecular complexity index is 944. The number of piperidine rings is 1. The summed E-state index contributed by atoms with van der Waals surface area (Å²) >= 11 is 0. The van der Waals surface area contributed by atoms with E-state index in [9.17, 15) is 9.59 Å². The minimum Gasteiger partial charge on any atom is -0.481 e. The smallest absolute Gasteiger partial charge is 0.438 e. The van der Waals surface area contributed by atoms with Gasteiger partial charge in [0.1, 0.15) is 12.4 Å². The lowest BCUT2D eigenvalue weighted by Gasteiger charge is -2.33. The summed E-state index contributed by atoms with van der Waals surface area (Å²) in [6, 6.07) is 1.58. The third-order valence-electron chi connectivity index (χ3n) is 5.08. The second-order valence-electron chi connectivity index (χ2n) is 6.97. The quantitative estimate of drug-likeness (QED) is 0.525. The van der Waals surface area contributed by atoms with E-state index in [1.165, 1.54) is 13.3 Å². The van der Waals surface area contributed by atoms with Gasteiger partial charge in [0.25, 0.3) is 5.56 Å². The lowest BCUT2D eigenvalue weighted by atomic mass is 9.94. The van der Waals surface area contributed by atoms with Crippen LogP contribution in [0.25, 0.3) is 10.8 Å². The molecule has 30 heavy (non-hydrogen) atoms. The van der Waals surface area contributed by atoms with Crippen LogP contribution >= 0.6 is 8.38 Å². The average Bonchev–Trinajstić information content (AvgIpc) is 2.75. The van der Waals surface area contributed by atoms with Crippen molar-refractivity contribution >= 4 is 31.1 Å². The Hall–Kier alpha value is -2.33. The van der Waals surface area contributed by atoms with Crippen molar-refractivity contribution in [3.8, 4) is 5.88 Å². The number of methoxy groups -OCH3 is 1. The van der Waals surface area contributed by atoms with Crippen molar-refractivity contribution in [1.82, 2.24) is 14.8 Å². The molecule has 2 aromatic rings. The zero-order chi connectivity index (χ0) is 21.7. The fraction of sp³-hybridized carbons (Fsp3) is 0.556. The Morgan fingerprint density at radius 2 is 2.07 bits per heavy atom. The number of aliphatic hydroxyl groups excluding tert-OH is 1. The largest absolute Gasteiger partial charge is 0.481 e. The molecule has 1 saturated heterocycles. The van der Waals surface area contributed by atoms with Crippen LogP contribution in [0.5, 0.6) is 5.88 Å². The highest BCUT2D eigenvalue weighted by atomic mass is 31.2. The number of nitrogens with zero attached hydrogens (tertiary/aromatic N) is 4. The summed E-state index contributed by atoms with van der Waals surface area (Å²) in [6.07, 6.45) is 3.19. The number of hydrogen-bond donors (Lipinski definition) is 3. The maximum Gasteiger partial charge on any atom is 0.438 e. The van der Waals surface area contributed by atoms with E-state index in [-0.39, 0.29) is 18.6 Å². The molecular weight excluding hydrogens is 415 g/mol. The van der Waals surface area contributed by atoms with E-state index in [0.717, 1.165) is 19.3 Å². The van der Waals surface area contributed by atoms with Gasteiger partial charge in [0.05, 0.1) is 25.3 Å². The number of aromatic nitrogens is 3. The molecule has 3 rings (SSSR count). The highest BCUT2D eigenvalue weighted by Gasteiger charge is 2.25. The number of aliphatic hydroxyl groups is 1. The maximum absolute atomic E-state index is 13.0. The van der Waals surface area contributed by atoms with E-state index in [0.29, 0.717) is 46.9 Å². The molecular formula is C18H25N4O7P. The van der Waals surface area contributed by atoms with E-state index in [2.05, 4.69) is 10.1 Å². The van der Waals surface area contributed by atoms with E-state index in [4.69, 9.17) is 24.4 Å². The molecule has 0 radical (unpaired) electrons. The summed E-state index contributed by atoms with van der Waals surface area (Å²) in [5.41, 5.74) is -0.658. The minimum absolute atomic E-state index is 0.236. The SMILES string of the molecule is COc1cc2cnn(C(=O)OCCO)c(=O)c2c(N2CCC(CCP(O)O)CC2)n1. The van der Waals surface area contributed by atoms with Crippen molar-refractivity contribution in [2.24, 2.45) is 5.92 Å². The normalized spacial score (nSPS) is 15.0. The Labute approximate surface area is 173 Å². The molecule has 0 spiro atoms. The number of pyridine rings is 1. The molecule has 0 saturated carbocycles. The molecule has 1 aliphatic heterocycles. The first-order chi connectivity index (χ1) is 14.4. The number of fused-ring (bicyclic) bond motifs is 1. The van der Waals surface area contributed by atoms with Crippen LogP contribution in [-0.4, -0.2) is 75.3 Å². The average molecular weight is 440 g/mol. The minimum atomic E-state index is -1.88. The molecule has 0 amide bonds. The van der Waals surface area contributed by atoms with Crippen LogP contribution in [0.2, 0.25) is 0 Å². The number of hydrogen-bond acceptors (Lipinski definition) is 10. The monoisotopic (exact) mass is 440 g/mol. The van der Waals surface area contributed by atoms with Gasteiger partial charge in [-0.25, -0.2) is 4.79 Å². The van der Waals surface area contributed by atoms with Crippen molar-refractivity contribution in [2.75, 3.05) is 44.5 Å². The Morgan fingerprint density at radius 3 is 2.70 bits per heavy atom. The highest BCUT2D eigenvalue weighted by molar-refractivity contribution is 7.45. The Balaban J connectivity index is 1.93. The fourth-order valence-corrected chi connectivity index (χ4v) is 4.11. The van der Waals surface area contributed by atoms with Crippen LogP contribution in [0.1, 0.15) is 19.3 Å². The zero-order valence-corrected chi connectivity index (χ0v) is 17.5. The summed E-state index contributed by atoms with van der Waals surface area (Å²) in [5, 5.41) is 13.4. The van der Waals surface area contributed by atoms with Gasteiger partial charge in [0.2, 0.25) is 5.88 Å². The molecule has 0 aromatic carbocycles. The van der Waals surface area contributed by atoms with Crippen LogP contribution in [0.15, 0.2) is 17.1 Å². The van der Waals surface area contributed by atoms with Crippen LogP contribution in [0.3, 0.4) is 0 Å². The van der Waals surface area contributed by atoms with Gasteiger partial charge in [-0.3, -0.25) is 4.79 Å². The predicted molar refractivity (Wildman–Crippen MR) is 110 cm³/mol. The molecule has 0 aliphatic carbocycles. The molecule has 3 N–H and O–H groups in total. The predicted octanol–water partition coefficient (Wildman–Crippen LogP) is 0.680. The number of anilines is 1. The summed E-state index contributed by atoms with van der Waals surface area (Å²) < 4.78 is 10.7. The first-order valence-corrected chi connectivity index (χ1v) is 11.0. The first kappa shape index (κ1) is 22.4. The van der Waals surface area contributed by atoms with Gasteiger partial charge in [-0.05, 0) is 25.2 Å². The van der Waals surface area contributed by atoms with Gasteiger partial charge in [0.15, 0.2) is 8.38 Å². The van der Waals surface area contributed by atoms with Crippen LogP contribution in [-0.2, 0) is 4.74 Å². The number of carbonyl (C=O) groups excluding carboxylic acids is 1. The summed E-state index contributed by atoms with van der Waals surface area (Å²) in [5.74, 6) is 1.10. The van der Waals surface area contributed by atoms with Crippen LogP contribution < -0.4 is 15.2 Å². The zero-order valence-electron chi connectivity index (χ0n) is 16.6. The van der Waals surface area contributed by atoms with Crippen molar-refractivity contribution < 1.29 is 29.2 Å². The number of carbonyl (C=O) groups is 1. The Kier molecular flexibility index (Phi) is 7.54. The summed E-state index contributed by atoms with van der Waals surface area (Å²) in [4.78, 5) is 49.8. The van der Waals surface area contributed by atoms with Crippen molar-refractivity contribution in [2.45, 2.75) is 19.3 Å². The van der Waals surface area contributed by atoms with E-state index in [1.807, 2.05) is 4.90 Å². The Morgan fingerprint density at radius 1 is 1.33 bits per heavy atom. The van der Waals surface area contributed by atoms with Gasteiger partial charge < -0.3 is 29.3 Å². The molecule has 164 valence electrons. The van der Waals surface area contributed by atoms with Gasteiger partial charge in [0, 0.05) is 30.7 Å². The fourth-order valence-electron chi connectivity index (χ4n) is 3.52. The van der Waals surface area contributed by atoms with Crippen LogP contribution in [0.4, 0.5) is 10.6 Å². The van der Waals surface area contributed by atoms with Gasteiger partial charge >= 0.3 is 6.09 Å². The topological polar surface area (TPSA) is 147 Å². The molecule has 3 heterocycles. The third-order valence-corrected chi connectivity index (χ3v) is 5.73. The third kappa shape index (κ3) is 5.04. The number of rotatable bonds is 7. The van der Waals surface area contributed by atoms with E-state index in [1.54, 1.807) is 6.07 Å². The maximum atomic E-state index is 13.0. The molecule has 1 fully saturated rings. The molecule has 11 nitrogen and oxygen atoms in total. The molecule has 0 atom stereocenters. The molecule has 1 aliphatic rings. The van der Waals surface area contributed by atoms with Gasteiger partial charge in [-0.1, -0.05) is 0 Å². The molecule has 12 heteroatoms. The molecule has 2 aromatic heterocycles. The standard InChI is InChI=1S/C18H25N4O7P/c1-28-14-10-13-11-19-22(18(25)29-8-7-23)17(24)15(13)16(20-14)21-5-2-12(3-6-21)4-9-30(26)27/h10-12,23,26-27H,2-9H2,1H3. The second-order valence-corrected chi connectivity index (χ2v) is 8.16. The molecule has 0 unspecified atom stereocenters. The van der Waals surface area contributed by atoms with Crippen molar-refractivity contribution in [1.29, 1.82) is 0 Å². The van der Waals surface area contributed by atoms with Crippen molar-refractivity contribution in [3.05, 3.63) is 22.6 Å². The summed E-state index contributed by atoms with van der Waals surface area (Å²) in [6.45, 7) is 0.661. The summed E-state index contributed by atoms with van der Waals surface area (Å²) in [7, 11) is -0.403. The second kappa shape index (κ2) is 10.1. The van der Waals surface area contributed by atoms with Gasteiger partial charge in [-0.15, -0.1) is 4.68 Å². The van der Waals surface area contributed by atoms with Crippen LogP contribution in [0, 0.1) is 5.92 Å². The molecule has 0 bridgehead atoms. The number of ether oxygens (including phenoxy) is 2. The lowest BCUT2D eigenvalue weighted by molar-refractivity contribution is 0.117. The lowest BCUT2D eigenvalue weighted by Crippen LogP contribution is -2.37.